The Labute approximate surface area is 168 Å². The molecule has 150 valence electrons. The summed E-state index contributed by atoms with van der Waals surface area (Å²) in [4.78, 5) is 19.4. The van der Waals surface area contributed by atoms with Crippen molar-refractivity contribution >= 4 is 5.69 Å². The van der Waals surface area contributed by atoms with Crippen LogP contribution >= 0.6 is 0 Å². The van der Waals surface area contributed by atoms with Crippen molar-refractivity contribution in [2.75, 3.05) is 24.5 Å². The van der Waals surface area contributed by atoms with E-state index < -0.39 is 0 Å². The minimum absolute atomic E-state index is 0.125. The molecule has 0 atom stereocenters. The van der Waals surface area contributed by atoms with Crippen molar-refractivity contribution in [3.8, 4) is 11.3 Å². The summed E-state index contributed by atoms with van der Waals surface area (Å²) in [5.41, 5.74) is 4.36. The molecule has 5 rings (SSSR count). The Hall–Kier alpha value is -3.00. The van der Waals surface area contributed by atoms with Crippen LogP contribution in [0.25, 0.3) is 11.3 Å². The second kappa shape index (κ2) is 6.81. The molecule has 1 saturated carbocycles. The minimum atomic E-state index is -0.125. The summed E-state index contributed by atoms with van der Waals surface area (Å²) in [6.07, 6.45) is 5.97. The van der Waals surface area contributed by atoms with Crippen molar-refractivity contribution < 1.29 is 4.52 Å². The Morgan fingerprint density at radius 2 is 2.10 bits per heavy atom. The van der Waals surface area contributed by atoms with Crippen molar-refractivity contribution in [1.29, 1.82) is 0 Å². The number of pyridine rings is 1. The van der Waals surface area contributed by atoms with Crippen molar-refractivity contribution in [1.82, 2.24) is 25.2 Å². The Morgan fingerprint density at radius 3 is 2.83 bits per heavy atom. The number of nitrogens with one attached hydrogen (secondary N) is 1. The predicted molar refractivity (Wildman–Crippen MR) is 109 cm³/mol. The van der Waals surface area contributed by atoms with E-state index in [0.29, 0.717) is 18.0 Å². The zero-order valence-corrected chi connectivity index (χ0v) is 16.7. The molecule has 0 bridgehead atoms. The standard InChI is InChI=1S/C21H24N6O2/c1-14-3-4-16(10-22-14)20-18(15(2)29-25-20)12-27-19(28)9-17(11-24-27)26-8-7-23-21(13-26)5-6-21/h3-4,9-11,23H,5-8,12-13H2,1-2H3. The summed E-state index contributed by atoms with van der Waals surface area (Å²) in [7, 11) is 0. The lowest BCUT2D eigenvalue weighted by molar-refractivity contribution is 0.397. The third kappa shape index (κ3) is 3.44. The minimum Gasteiger partial charge on any atom is -0.367 e. The van der Waals surface area contributed by atoms with Gasteiger partial charge in [0.1, 0.15) is 11.5 Å². The summed E-state index contributed by atoms with van der Waals surface area (Å²) < 4.78 is 6.87. The maximum absolute atomic E-state index is 12.8. The van der Waals surface area contributed by atoms with Gasteiger partial charge in [0.05, 0.1) is 18.4 Å². The zero-order chi connectivity index (χ0) is 20.0. The van der Waals surface area contributed by atoms with Gasteiger partial charge in [0, 0.05) is 54.3 Å². The first kappa shape index (κ1) is 18.1. The second-order valence-electron chi connectivity index (χ2n) is 8.09. The largest absolute Gasteiger partial charge is 0.367 e. The quantitative estimate of drug-likeness (QED) is 0.725. The number of rotatable bonds is 4. The summed E-state index contributed by atoms with van der Waals surface area (Å²) in [5.74, 6) is 0.677. The molecular weight excluding hydrogens is 368 g/mol. The molecule has 0 aromatic carbocycles. The van der Waals surface area contributed by atoms with Crippen molar-refractivity contribution in [3.63, 3.8) is 0 Å². The molecule has 29 heavy (non-hydrogen) atoms. The molecule has 4 heterocycles. The number of anilines is 1. The molecule has 8 nitrogen and oxygen atoms in total. The third-order valence-electron chi connectivity index (χ3n) is 5.93. The van der Waals surface area contributed by atoms with Crippen LogP contribution in [0.1, 0.15) is 29.9 Å². The van der Waals surface area contributed by atoms with Gasteiger partial charge in [-0.15, -0.1) is 0 Å². The van der Waals surface area contributed by atoms with Gasteiger partial charge in [0.2, 0.25) is 0 Å². The Balaban J connectivity index is 1.41. The molecule has 1 saturated heterocycles. The molecule has 0 unspecified atom stereocenters. The van der Waals surface area contributed by atoms with Gasteiger partial charge in [-0.3, -0.25) is 9.78 Å². The smallest absolute Gasteiger partial charge is 0.269 e. The van der Waals surface area contributed by atoms with Gasteiger partial charge in [-0.05, 0) is 38.8 Å². The lowest BCUT2D eigenvalue weighted by Crippen LogP contribution is -2.52. The number of hydrogen-bond donors (Lipinski definition) is 1. The maximum atomic E-state index is 12.8. The monoisotopic (exact) mass is 392 g/mol. The highest BCUT2D eigenvalue weighted by Crippen LogP contribution is 2.38. The van der Waals surface area contributed by atoms with E-state index >= 15 is 0 Å². The first-order valence-electron chi connectivity index (χ1n) is 9.98. The van der Waals surface area contributed by atoms with E-state index in [-0.39, 0.29) is 11.1 Å². The molecule has 1 spiro atoms. The fourth-order valence-corrected chi connectivity index (χ4v) is 3.94. The molecule has 1 aliphatic carbocycles. The molecule has 8 heteroatoms. The van der Waals surface area contributed by atoms with Gasteiger partial charge in [0.25, 0.3) is 5.56 Å². The number of aromatic nitrogens is 4. The molecule has 1 aliphatic heterocycles. The van der Waals surface area contributed by atoms with Crippen molar-refractivity contribution in [2.24, 2.45) is 0 Å². The highest BCUT2D eigenvalue weighted by atomic mass is 16.5. The highest BCUT2D eigenvalue weighted by Gasteiger charge is 2.45. The molecule has 2 aliphatic rings. The molecule has 1 N–H and O–H groups in total. The van der Waals surface area contributed by atoms with Gasteiger partial charge < -0.3 is 14.7 Å². The number of nitrogens with zero attached hydrogens (tertiary/aromatic N) is 5. The fourth-order valence-electron chi connectivity index (χ4n) is 3.94. The topological polar surface area (TPSA) is 89.1 Å². The van der Waals surface area contributed by atoms with E-state index in [0.717, 1.165) is 42.1 Å². The SMILES string of the molecule is Cc1ccc(-c2noc(C)c2Cn2ncc(N3CCNC4(CC4)C3)cc2=O)cn1. The molecule has 2 fully saturated rings. The average molecular weight is 392 g/mol. The fraction of sp³-hybridized carbons (Fsp3) is 0.429. The first-order valence-corrected chi connectivity index (χ1v) is 9.98. The molecule has 0 amide bonds. The second-order valence-corrected chi connectivity index (χ2v) is 8.09. The van der Waals surface area contributed by atoms with Crippen molar-refractivity contribution in [2.45, 2.75) is 38.8 Å². The van der Waals surface area contributed by atoms with Crippen LogP contribution in [0.3, 0.4) is 0 Å². The summed E-state index contributed by atoms with van der Waals surface area (Å²) in [5, 5.41) is 12.2. The molecule has 3 aromatic heterocycles. The van der Waals surface area contributed by atoms with Crippen molar-refractivity contribution in [3.05, 3.63) is 58.0 Å². The van der Waals surface area contributed by atoms with Crippen LogP contribution in [0.15, 0.2) is 39.9 Å². The van der Waals surface area contributed by atoms with Crippen LogP contribution in [-0.4, -0.2) is 45.1 Å². The number of piperazine rings is 1. The van der Waals surface area contributed by atoms with Crippen LogP contribution in [0, 0.1) is 13.8 Å². The van der Waals surface area contributed by atoms with Gasteiger partial charge in [-0.2, -0.15) is 5.10 Å². The van der Waals surface area contributed by atoms with Gasteiger partial charge in [0.15, 0.2) is 0 Å². The van der Waals surface area contributed by atoms with E-state index in [1.54, 1.807) is 18.5 Å². The number of hydrogen-bond acceptors (Lipinski definition) is 7. The molecular formula is C21H24N6O2. The third-order valence-corrected chi connectivity index (χ3v) is 5.93. The maximum Gasteiger partial charge on any atom is 0.269 e. The van der Waals surface area contributed by atoms with E-state index in [2.05, 4.69) is 25.5 Å². The van der Waals surface area contributed by atoms with Gasteiger partial charge >= 0.3 is 0 Å². The zero-order valence-electron chi connectivity index (χ0n) is 16.7. The number of aryl methyl sites for hydroxylation is 2. The summed E-state index contributed by atoms with van der Waals surface area (Å²) in [6.45, 7) is 6.87. The summed E-state index contributed by atoms with van der Waals surface area (Å²) in [6, 6.07) is 5.58. The van der Waals surface area contributed by atoms with Crippen LogP contribution in [0.2, 0.25) is 0 Å². The highest BCUT2D eigenvalue weighted by molar-refractivity contribution is 5.62. The van der Waals surface area contributed by atoms with Gasteiger partial charge in [-0.1, -0.05) is 5.16 Å². The summed E-state index contributed by atoms with van der Waals surface area (Å²) >= 11 is 0. The van der Waals surface area contributed by atoms with Gasteiger partial charge in [-0.25, -0.2) is 4.68 Å². The molecule has 3 aromatic rings. The van der Waals surface area contributed by atoms with E-state index in [9.17, 15) is 4.79 Å². The van der Waals surface area contributed by atoms with E-state index in [1.807, 2.05) is 26.0 Å². The van der Waals surface area contributed by atoms with E-state index in [1.165, 1.54) is 17.5 Å². The van der Waals surface area contributed by atoms with Crippen LogP contribution in [0.4, 0.5) is 5.69 Å². The lowest BCUT2D eigenvalue weighted by atomic mass is 10.1. The van der Waals surface area contributed by atoms with Crippen LogP contribution in [-0.2, 0) is 6.54 Å². The van der Waals surface area contributed by atoms with Crippen LogP contribution < -0.4 is 15.8 Å². The predicted octanol–water partition coefficient (Wildman–Crippen LogP) is 1.90. The Bertz CT molecular complexity index is 1100. The molecule has 0 radical (unpaired) electrons. The van der Waals surface area contributed by atoms with Crippen LogP contribution in [0.5, 0.6) is 0 Å². The van der Waals surface area contributed by atoms with E-state index in [4.69, 9.17) is 4.52 Å². The lowest BCUT2D eigenvalue weighted by Gasteiger charge is -2.35. The average Bonchev–Trinajstić information content (AvgIpc) is 3.36. The Morgan fingerprint density at radius 1 is 1.24 bits per heavy atom. The normalized spacial score (nSPS) is 17.7. The first-order chi connectivity index (χ1) is 14.0. The Kier molecular flexibility index (Phi) is 4.24.